The summed E-state index contributed by atoms with van der Waals surface area (Å²) in [5.74, 6) is 0.365. The number of nitrogens with zero attached hydrogens (tertiary/aromatic N) is 1. The molecule has 0 fully saturated rings. The Morgan fingerprint density at radius 2 is 1.83 bits per heavy atom. The standard InChI is InChI=1S/C20H21FN2O4S2/c1-13-18(28-20(23-13)14-4-6-15(21)7-5-14)10-11-22-29(24,25)19-12-16(26-2)8-9-17(19)27-3/h4-9,12,22H,10-11H2,1-3H3. The smallest absolute Gasteiger partial charge is 0.244 e. The Kier molecular flexibility index (Phi) is 6.51. The van der Waals surface area contributed by atoms with E-state index in [1.54, 1.807) is 24.3 Å². The number of halogens is 1. The summed E-state index contributed by atoms with van der Waals surface area (Å²) in [6.07, 6.45) is 0.482. The minimum absolute atomic E-state index is 0.0207. The van der Waals surface area contributed by atoms with Crippen LogP contribution in [0.2, 0.25) is 0 Å². The fourth-order valence-electron chi connectivity index (χ4n) is 2.75. The maximum Gasteiger partial charge on any atom is 0.244 e. The number of sulfonamides is 1. The summed E-state index contributed by atoms with van der Waals surface area (Å²) in [5.41, 5.74) is 1.65. The number of methoxy groups -OCH3 is 2. The van der Waals surface area contributed by atoms with E-state index in [1.807, 2.05) is 6.92 Å². The normalized spacial score (nSPS) is 11.4. The first-order chi connectivity index (χ1) is 13.8. The van der Waals surface area contributed by atoms with Crippen LogP contribution in [0, 0.1) is 12.7 Å². The van der Waals surface area contributed by atoms with Gasteiger partial charge >= 0.3 is 0 Å². The third-order valence-corrected chi connectivity index (χ3v) is 7.04. The highest BCUT2D eigenvalue weighted by Gasteiger charge is 2.20. The number of benzene rings is 2. The average molecular weight is 437 g/mol. The first kappa shape index (κ1) is 21.2. The second-order valence-electron chi connectivity index (χ2n) is 6.20. The van der Waals surface area contributed by atoms with Crippen LogP contribution < -0.4 is 14.2 Å². The quantitative estimate of drug-likeness (QED) is 0.581. The highest BCUT2D eigenvalue weighted by Crippen LogP contribution is 2.29. The molecule has 0 aliphatic carbocycles. The van der Waals surface area contributed by atoms with E-state index >= 15 is 0 Å². The zero-order valence-electron chi connectivity index (χ0n) is 16.2. The van der Waals surface area contributed by atoms with Crippen molar-refractivity contribution in [3.8, 4) is 22.1 Å². The van der Waals surface area contributed by atoms with Gasteiger partial charge in [0.1, 0.15) is 27.2 Å². The minimum Gasteiger partial charge on any atom is -0.497 e. The Hall–Kier alpha value is -2.49. The summed E-state index contributed by atoms with van der Waals surface area (Å²) in [6.45, 7) is 2.08. The Balaban J connectivity index is 1.72. The van der Waals surface area contributed by atoms with Gasteiger partial charge in [0.05, 0.1) is 19.9 Å². The van der Waals surface area contributed by atoms with E-state index in [1.165, 1.54) is 43.8 Å². The van der Waals surface area contributed by atoms with Gasteiger partial charge in [-0.2, -0.15) is 0 Å². The van der Waals surface area contributed by atoms with Gasteiger partial charge in [0.15, 0.2) is 0 Å². The Bertz CT molecular complexity index is 1100. The van der Waals surface area contributed by atoms with E-state index in [2.05, 4.69) is 9.71 Å². The number of nitrogens with one attached hydrogen (secondary N) is 1. The van der Waals surface area contributed by atoms with Crippen molar-refractivity contribution in [2.75, 3.05) is 20.8 Å². The topological polar surface area (TPSA) is 77.5 Å². The molecule has 6 nitrogen and oxygen atoms in total. The van der Waals surface area contributed by atoms with Crippen LogP contribution in [-0.2, 0) is 16.4 Å². The van der Waals surface area contributed by atoms with Gasteiger partial charge < -0.3 is 9.47 Å². The van der Waals surface area contributed by atoms with Crippen LogP contribution in [-0.4, -0.2) is 34.2 Å². The SMILES string of the molecule is COc1ccc(OC)c(S(=O)(=O)NCCc2sc(-c3ccc(F)cc3)nc2C)c1. The van der Waals surface area contributed by atoms with Crippen molar-refractivity contribution in [2.45, 2.75) is 18.2 Å². The molecule has 0 amide bonds. The molecular formula is C20H21FN2O4S2. The van der Waals surface area contributed by atoms with Gasteiger partial charge in [0.25, 0.3) is 0 Å². The number of thiazole rings is 1. The molecule has 0 atom stereocenters. The number of ether oxygens (including phenoxy) is 2. The molecule has 0 spiro atoms. The predicted molar refractivity (Wildman–Crippen MR) is 111 cm³/mol. The van der Waals surface area contributed by atoms with E-state index in [-0.39, 0.29) is 23.0 Å². The number of hydrogen-bond donors (Lipinski definition) is 1. The van der Waals surface area contributed by atoms with Crippen molar-refractivity contribution in [1.29, 1.82) is 0 Å². The number of rotatable bonds is 8. The van der Waals surface area contributed by atoms with Crippen molar-refractivity contribution < 1.29 is 22.3 Å². The van der Waals surface area contributed by atoms with Crippen molar-refractivity contribution >= 4 is 21.4 Å². The van der Waals surface area contributed by atoms with Crippen LogP contribution in [0.1, 0.15) is 10.6 Å². The first-order valence-electron chi connectivity index (χ1n) is 8.78. The lowest BCUT2D eigenvalue weighted by Gasteiger charge is -2.12. The highest BCUT2D eigenvalue weighted by molar-refractivity contribution is 7.89. The molecule has 2 aromatic carbocycles. The summed E-state index contributed by atoms with van der Waals surface area (Å²) < 4.78 is 51.4. The van der Waals surface area contributed by atoms with E-state index in [4.69, 9.17) is 9.47 Å². The number of hydrogen-bond acceptors (Lipinski definition) is 6. The number of aryl methyl sites for hydroxylation is 1. The fourth-order valence-corrected chi connectivity index (χ4v) is 5.03. The molecule has 0 aliphatic heterocycles. The van der Waals surface area contributed by atoms with Gasteiger partial charge in [0, 0.05) is 23.1 Å². The molecule has 3 aromatic rings. The van der Waals surface area contributed by atoms with E-state index in [0.717, 1.165) is 21.1 Å². The summed E-state index contributed by atoms with van der Waals surface area (Å²) in [7, 11) is -0.897. The third-order valence-electron chi connectivity index (χ3n) is 4.29. The molecular weight excluding hydrogens is 415 g/mol. The largest absolute Gasteiger partial charge is 0.497 e. The summed E-state index contributed by atoms with van der Waals surface area (Å²) in [5, 5.41) is 0.773. The molecule has 0 saturated carbocycles. The van der Waals surface area contributed by atoms with Gasteiger partial charge in [-0.15, -0.1) is 11.3 Å². The van der Waals surface area contributed by atoms with Crippen LogP contribution >= 0.6 is 11.3 Å². The molecule has 3 rings (SSSR count). The van der Waals surface area contributed by atoms with Crippen molar-refractivity contribution in [2.24, 2.45) is 0 Å². The van der Waals surface area contributed by atoms with Crippen LogP contribution in [0.4, 0.5) is 4.39 Å². The molecule has 29 heavy (non-hydrogen) atoms. The summed E-state index contributed by atoms with van der Waals surface area (Å²) >= 11 is 1.47. The highest BCUT2D eigenvalue weighted by atomic mass is 32.2. The fraction of sp³-hybridized carbons (Fsp3) is 0.250. The minimum atomic E-state index is -3.78. The van der Waals surface area contributed by atoms with E-state index in [9.17, 15) is 12.8 Å². The lowest BCUT2D eigenvalue weighted by Crippen LogP contribution is -2.26. The predicted octanol–water partition coefficient (Wildman–Crippen LogP) is 3.80. The molecule has 1 aromatic heterocycles. The molecule has 0 saturated heterocycles. The molecule has 0 unspecified atom stereocenters. The van der Waals surface area contributed by atoms with Crippen molar-refractivity contribution in [1.82, 2.24) is 9.71 Å². The first-order valence-corrected chi connectivity index (χ1v) is 11.1. The van der Waals surface area contributed by atoms with Gasteiger partial charge in [0.2, 0.25) is 10.0 Å². The zero-order chi connectivity index (χ0) is 21.0. The molecule has 9 heteroatoms. The molecule has 1 N–H and O–H groups in total. The third kappa shape index (κ3) is 4.92. The van der Waals surface area contributed by atoms with Gasteiger partial charge in [-0.1, -0.05) is 0 Å². The molecule has 0 radical (unpaired) electrons. The van der Waals surface area contributed by atoms with E-state index in [0.29, 0.717) is 12.2 Å². The lowest BCUT2D eigenvalue weighted by molar-refractivity contribution is 0.392. The van der Waals surface area contributed by atoms with Crippen LogP contribution in [0.5, 0.6) is 11.5 Å². The summed E-state index contributed by atoms with van der Waals surface area (Å²) in [6, 6.07) is 10.7. The maximum atomic E-state index is 13.1. The van der Waals surface area contributed by atoms with Gasteiger partial charge in [-0.05, 0) is 49.7 Å². The Morgan fingerprint density at radius 1 is 1.10 bits per heavy atom. The summed E-state index contributed by atoms with van der Waals surface area (Å²) in [4.78, 5) is 5.50. The van der Waals surface area contributed by atoms with Crippen LogP contribution in [0.15, 0.2) is 47.4 Å². The second kappa shape index (κ2) is 8.89. The second-order valence-corrected chi connectivity index (χ2v) is 9.02. The van der Waals surface area contributed by atoms with Crippen molar-refractivity contribution in [3.63, 3.8) is 0 Å². The van der Waals surface area contributed by atoms with E-state index < -0.39 is 10.0 Å². The Labute approximate surface area is 173 Å². The van der Waals surface area contributed by atoms with Gasteiger partial charge in [-0.25, -0.2) is 22.5 Å². The van der Waals surface area contributed by atoms with Crippen molar-refractivity contribution in [3.05, 3.63) is 58.9 Å². The average Bonchev–Trinajstić information content (AvgIpc) is 3.08. The van der Waals surface area contributed by atoms with Gasteiger partial charge in [-0.3, -0.25) is 0 Å². The monoisotopic (exact) mass is 436 g/mol. The maximum absolute atomic E-state index is 13.1. The number of aromatic nitrogens is 1. The van der Waals surface area contributed by atoms with Crippen LogP contribution in [0.3, 0.4) is 0 Å². The lowest BCUT2D eigenvalue weighted by atomic mass is 10.2. The molecule has 154 valence electrons. The molecule has 0 aliphatic rings. The molecule has 1 heterocycles. The van der Waals surface area contributed by atoms with Crippen LogP contribution in [0.25, 0.3) is 10.6 Å². The Morgan fingerprint density at radius 3 is 2.48 bits per heavy atom. The molecule has 0 bridgehead atoms. The zero-order valence-corrected chi connectivity index (χ0v) is 17.9.